The molecule has 0 fully saturated rings. The molecule has 1 aromatic carbocycles. The summed E-state index contributed by atoms with van der Waals surface area (Å²) in [5, 5.41) is -0.322. The van der Waals surface area contributed by atoms with Gasteiger partial charge in [0.15, 0.2) is 12.4 Å². The Bertz CT molecular complexity index is 1320. The highest BCUT2D eigenvalue weighted by Gasteiger charge is 2.24. The quantitative estimate of drug-likeness (QED) is 0.513. The van der Waals surface area contributed by atoms with Crippen molar-refractivity contribution in [3.05, 3.63) is 50.6 Å². The summed E-state index contributed by atoms with van der Waals surface area (Å²) in [5.41, 5.74) is -1.11. The second-order valence-electron chi connectivity index (χ2n) is 5.91. The van der Waals surface area contributed by atoms with Gasteiger partial charge in [-0.25, -0.2) is 21.6 Å². The molecule has 0 aliphatic rings. The molecule has 0 aliphatic heterocycles. The molecule has 3 rings (SSSR count). The van der Waals surface area contributed by atoms with Crippen LogP contribution < -0.4 is 19.8 Å². The van der Waals surface area contributed by atoms with Gasteiger partial charge < -0.3 is 14.5 Å². The molecule has 0 unspecified atom stereocenters. The lowest BCUT2D eigenvalue weighted by Gasteiger charge is -2.14. The van der Waals surface area contributed by atoms with E-state index < -0.39 is 56.8 Å². The maximum atomic E-state index is 14.2. The van der Waals surface area contributed by atoms with Crippen molar-refractivity contribution in [1.82, 2.24) is 9.97 Å². The Kier molecular flexibility index (Phi) is 6.53. The van der Waals surface area contributed by atoms with Gasteiger partial charge in [-0.15, -0.1) is 0 Å². The minimum absolute atomic E-state index is 0.0366. The topological polar surface area (TPSA) is 110 Å². The smallest absolute Gasteiger partial charge is 0.272 e. The Morgan fingerprint density at radius 1 is 1.26 bits per heavy atom. The van der Waals surface area contributed by atoms with Crippen LogP contribution in [0.4, 0.5) is 18.9 Å². The molecule has 14 heteroatoms. The first-order chi connectivity index (χ1) is 14.5. The predicted octanol–water partition coefficient (Wildman–Crippen LogP) is 3.82. The lowest BCUT2D eigenvalue weighted by Crippen LogP contribution is -2.18. The number of anilines is 1. The molecule has 0 bridgehead atoms. The van der Waals surface area contributed by atoms with E-state index in [4.69, 9.17) is 27.9 Å². The van der Waals surface area contributed by atoms with Crippen molar-refractivity contribution < 1.29 is 31.1 Å². The van der Waals surface area contributed by atoms with Gasteiger partial charge >= 0.3 is 0 Å². The number of nitrogens with one attached hydrogen (secondary N) is 2. The van der Waals surface area contributed by atoms with Crippen LogP contribution in [-0.4, -0.2) is 38.5 Å². The number of H-pyrrole nitrogens is 1. The predicted molar refractivity (Wildman–Crippen MR) is 108 cm³/mol. The number of sulfonamides is 1. The van der Waals surface area contributed by atoms with E-state index in [0.717, 1.165) is 13.3 Å². The van der Waals surface area contributed by atoms with E-state index in [1.807, 2.05) is 0 Å². The highest BCUT2D eigenvalue weighted by atomic mass is 35.5. The molecule has 2 N–H and O–H groups in total. The van der Waals surface area contributed by atoms with E-state index in [0.29, 0.717) is 6.07 Å². The number of fused-ring (bicyclic) bond motifs is 1. The largest absolute Gasteiger partial charge is 0.479 e. The van der Waals surface area contributed by atoms with E-state index in [1.165, 1.54) is 12.1 Å². The summed E-state index contributed by atoms with van der Waals surface area (Å²) in [6.45, 7) is -1.12. The molecule has 31 heavy (non-hydrogen) atoms. The molecule has 0 saturated carbocycles. The number of hydrogen-bond donors (Lipinski definition) is 2. The van der Waals surface area contributed by atoms with Crippen LogP contribution in [0.3, 0.4) is 0 Å². The van der Waals surface area contributed by atoms with E-state index in [-0.39, 0.29) is 20.8 Å². The third kappa shape index (κ3) is 4.65. The number of aromatic nitrogens is 2. The minimum Gasteiger partial charge on any atom is -0.479 e. The summed E-state index contributed by atoms with van der Waals surface area (Å²) in [6, 6.07) is 3.24. The Balaban J connectivity index is 2.07. The lowest BCUT2D eigenvalue weighted by molar-refractivity contribution is 0.0770. The van der Waals surface area contributed by atoms with Crippen molar-refractivity contribution in [3.8, 4) is 11.8 Å². The Hall–Kier alpha value is -2.70. The van der Waals surface area contributed by atoms with Crippen molar-refractivity contribution in [2.45, 2.75) is 11.3 Å². The molecule has 0 spiro atoms. The number of aromatic amines is 1. The maximum Gasteiger partial charge on any atom is 0.272 e. The second kappa shape index (κ2) is 8.81. The summed E-state index contributed by atoms with van der Waals surface area (Å²) < 4.78 is 76.2. The fraction of sp³-hybridized carbons (Fsp3) is 0.176. The van der Waals surface area contributed by atoms with Gasteiger partial charge in [-0.3, -0.25) is 9.52 Å². The molecule has 2 aromatic heterocycles. The average molecular weight is 498 g/mol. The van der Waals surface area contributed by atoms with E-state index >= 15 is 0 Å². The Morgan fingerprint density at radius 2 is 1.97 bits per heavy atom. The lowest BCUT2D eigenvalue weighted by atomic mass is 10.2. The van der Waals surface area contributed by atoms with Crippen LogP contribution >= 0.6 is 23.2 Å². The summed E-state index contributed by atoms with van der Waals surface area (Å²) in [4.78, 5) is 17.5. The Labute approximate surface area is 183 Å². The zero-order valence-corrected chi connectivity index (χ0v) is 17.7. The number of hydrogen-bond acceptors (Lipinski definition) is 6. The first-order valence-electron chi connectivity index (χ1n) is 8.23. The van der Waals surface area contributed by atoms with Crippen molar-refractivity contribution in [2.75, 3.05) is 18.4 Å². The number of benzene rings is 1. The van der Waals surface area contributed by atoms with Crippen molar-refractivity contribution in [3.63, 3.8) is 0 Å². The molecule has 0 radical (unpaired) electrons. The molecular weight excluding hydrogens is 486 g/mol. The van der Waals surface area contributed by atoms with Gasteiger partial charge in [-0.1, -0.05) is 29.3 Å². The number of methoxy groups -OCH3 is 1. The van der Waals surface area contributed by atoms with E-state index in [2.05, 4.69) is 19.4 Å². The van der Waals surface area contributed by atoms with Gasteiger partial charge in [0, 0.05) is 17.6 Å². The summed E-state index contributed by atoms with van der Waals surface area (Å²) in [5.74, 6) is -2.44. The van der Waals surface area contributed by atoms with E-state index in [1.54, 1.807) is 0 Å². The molecule has 0 amide bonds. The number of alkyl halides is 2. The Morgan fingerprint density at radius 3 is 2.61 bits per heavy atom. The third-order valence-corrected chi connectivity index (χ3v) is 6.11. The SMILES string of the molecule is COc1nc(OCC(F)F)c(F)cc1NS(=O)(=O)c1c[nH]c(=O)c2c(Cl)c(Cl)ccc12. The molecule has 8 nitrogen and oxygen atoms in total. The zero-order valence-electron chi connectivity index (χ0n) is 15.4. The highest BCUT2D eigenvalue weighted by Crippen LogP contribution is 2.34. The third-order valence-electron chi connectivity index (χ3n) is 3.90. The summed E-state index contributed by atoms with van der Waals surface area (Å²) in [7, 11) is -3.34. The van der Waals surface area contributed by atoms with Crippen LogP contribution in [0.2, 0.25) is 10.0 Å². The van der Waals surface area contributed by atoms with Gasteiger partial charge in [-0.05, 0) is 6.07 Å². The number of nitrogens with zero attached hydrogens (tertiary/aromatic N) is 1. The van der Waals surface area contributed by atoms with Crippen LogP contribution in [0.15, 0.2) is 34.1 Å². The minimum atomic E-state index is -4.44. The zero-order chi connectivity index (χ0) is 22.9. The van der Waals surface area contributed by atoms with Gasteiger partial charge in [0.1, 0.15) is 10.6 Å². The molecule has 166 valence electrons. The normalized spacial score (nSPS) is 11.7. The van der Waals surface area contributed by atoms with Crippen LogP contribution in [0.25, 0.3) is 10.8 Å². The standard InChI is InChI=1S/C17H12Cl2F3N3O5S/c1-29-17-10(4-9(20)16(24-17)30-6-12(21)22)25-31(27,28)11-5-23-15(26)13-7(11)2-3-8(18)14(13)19/h2-5,12,25H,6H2,1H3,(H,23,26). The van der Waals surface area contributed by atoms with Gasteiger partial charge in [-0.2, -0.15) is 4.98 Å². The van der Waals surface area contributed by atoms with Crippen molar-refractivity contribution in [2.24, 2.45) is 0 Å². The van der Waals surface area contributed by atoms with Gasteiger partial charge in [0.25, 0.3) is 27.9 Å². The first-order valence-corrected chi connectivity index (χ1v) is 10.5. The molecule has 3 aromatic rings. The summed E-state index contributed by atoms with van der Waals surface area (Å²) in [6.07, 6.45) is -1.95. The number of pyridine rings is 2. The fourth-order valence-corrected chi connectivity index (χ4v) is 4.24. The highest BCUT2D eigenvalue weighted by molar-refractivity contribution is 7.93. The van der Waals surface area contributed by atoms with Crippen molar-refractivity contribution >= 4 is 49.7 Å². The van der Waals surface area contributed by atoms with Crippen LogP contribution in [0.1, 0.15) is 0 Å². The molecule has 2 heterocycles. The van der Waals surface area contributed by atoms with Crippen LogP contribution in [-0.2, 0) is 10.0 Å². The number of ether oxygens (including phenoxy) is 2. The first kappa shape index (κ1) is 23.0. The number of halogens is 5. The second-order valence-corrected chi connectivity index (χ2v) is 8.34. The molecule has 0 saturated heterocycles. The molecular formula is C17H12Cl2F3N3O5S. The average Bonchev–Trinajstić information content (AvgIpc) is 2.69. The molecule has 0 atom stereocenters. The van der Waals surface area contributed by atoms with Crippen molar-refractivity contribution in [1.29, 1.82) is 0 Å². The molecule has 0 aliphatic carbocycles. The van der Waals surface area contributed by atoms with Gasteiger partial charge in [0.2, 0.25) is 5.88 Å². The van der Waals surface area contributed by atoms with Crippen LogP contribution in [0.5, 0.6) is 11.8 Å². The van der Waals surface area contributed by atoms with Crippen LogP contribution in [0, 0.1) is 5.82 Å². The van der Waals surface area contributed by atoms with Gasteiger partial charge in [0.05, 0.1) is 22.5 Å². The van der Waals surface area contributed by atoms with E-state index in [9.17, 15) is 26.4 Å². The summed E-state index contributed by atoms with van der Waals surface area (Å²) >= 11 is 11.9. The maximum absolute atomic E-state index is 14.2. The fourth-order valence-electron chi connectivity index (χ4n) is 2.61. The monoisotopic (exact) mass is 497 g/mol. The number of rotatable bonds is 7.